The summed E-state index contributed by atoms with van der Waals surface area (Å²) >= 11 is 0. The van der Waals surface area contributed by atoms with Crippen molar-refractivity contribution in [3.05, 3.63) is 48.8 Å². The van der Waals surface area contributed by atoms with E-state index in [0.29, 0.717) is 6.04 Å². The molecule has 0 aliphatic carbocycles. The first-order valence-electron chi connectivity index (χ1n) is 6.67. The third-order valence-corrected chi connectivity index (χ3v) is 3.49. The second-order valence-electron chi connectivity index (χ2n) is 4.86. The van der Waals surface area contributed by atoms with Gasteiger partial charge >= 0.3 is 0 Å². The van der Waals surface area contributed by atoms with Crippen LogP contribution in [0.25, 0.3) is 6.08 Å². The molecule has 104 valence electrons. The molecule has 2 nitrogen and oxygen atoms in total. The molecule has 2 rings (SSSR count). The monoisotopic (exact) mass is 278 g/mol. The van der Waals surface area contributed by atoms with Crippen molar-refractivity contribution in [3.63, 3.8) is 0 Å². The number of benzene rings is 1. The predicted octanol–water partition coefficient (Wildman–Crippen LogP) is 4.49. The summed E-state index contributed by atoms with van der Waals surface area (Å²) in [6.07, 6.45) is 8.71. The maximum atomic E-state index is 3.78. The number of hydrogen-bond donors (Lipinski definition) is 0. The molecule has 1 aromatic rings. The second-order valence-corrected chi connectivity index (χ2v) is 4.86. The van der Waals surface area contributed by atoms with Gasteiger partial charge in [0.15, 0.2) is 0 Å². The van der Waals surface area contributed by atoms with Gasteiger partial charge in [0.25, 0.3) is 0 Å². The minimum absolute atomic E-state index is 0. The molecule has 0 saturated carbocycles. The molecule has 1 heterocycles. The molecule has 1 atom stereocenters. The Kier molecular flexibility index (Phi) is 5.97. The van der Waals surface area contributed by atoms with Crippen LogP contribution in [0.3, 0.4) is 0 Å². The Morgan fingerprint density at radius 1 is 1.26 bits per heavy atom. The number of hydrogen-bond acceptors (Lipinski definition) is 2. The van der Waals surface area contributed by atoms with E-state index in [4.69, 9.17) is 0 Å². The first-order chi connectivity index (χ1) is 8.74. The average Bonchev–Trinajstić information content (AvgIpc) is 2.89. The number of halogens is 1. The Morgan fingerprint density at radius 3 is 2.53 bits per heavy atom. The van der Waals surface area contributed by atoms with Gasteiger partial charge in [-0.25, -0.2) is 0 Å². The van der Waals surface area contributed by atoms with Crippen LogP contribution in [0.5, 0.6) is 0 Å². The number of rotatable bonds is 5. The SMILES string of the molecule is C=Cc1ccc(N2C=CN(C(C)CCC)C2)cc1.Cl. The Balaban J connectivity index is 0.00000180. The van der Waals surface area contributed by atoms with Crippen molar-refractivity contribution in [1.29, 1.82) is 0 Å². The number of nitrogens with zero attached hydrogens (tertiary/aromatic N) is 2. The van der Waals surface area contributed by atoms with Crippen LogP contribution in [0.1, 0.15) is 32.3 Å². The molecule has 0 aromatic heterocycles. The molecular weight excluding hydrogens is 256 g/mol. The van der Waals surface area contributed by atoms with Crippen molar-refractivity contribution in [2.45, 2.75) is 32.7 Å². The molecular formula is C16H23ClN2. The smallest absolute Gasteiger partial charge is 0.0944 e. The van der Waals surface area contributed by atoms with E-state index in [1.807, 2.05) is 6.08 Å². The van der Waals surface area contributed by atoms with Crippen LogP contribution in [-0.2, 0) is 0 Å². The van der Waals surface area contributed by atoms with E-state index >= 15 is 0 Å². The Bertz CT molecular complexity index is 425. The van der Waals surface area contributed by atoms with Gasteiger partial charge in [0.1, 0.15) is 0 Å². The van der Waals surface area contributed by atoms with Crippen molar-refractivity contribution in [3.8, 4) is 0 Å². The maximum absolute atomic E-state index is 3.78. The van der Waals surface area contributed by atoms with Crippen molar-refractivity contribution < 1.29 is 0 Å². The molecule has 0 fully saturated rings. The highest BCUT2D eigenvalue weighted by atomic mass is 35.5. The lowest BCUT2D eigenvalue weighted by Crippen LogP contribution is -2.31. The molecule has 1 aliphatic rings. The molecule has 0 amide bonds. The van der Waals surface area contributed by atoms with Gasteiger partial charge in [0.05, 0.1) is 6.67 Å². The summed E-state index contributed by atoms with van der Waals surface area (Å²) in [5, 5.41) is 0. The summed E-state index contributed by atoms with van der Waals surface area (Å²) in [5.41, 5.74) is 2.40. The molecule has 1 aromatic carbocycles. The van der Waals surface area contributed by atoms with Gasteiger partial charge in [-0.15, -0.1) is 12.4 Å². The van der Waals surface area contributed by atoms with Crippen molar-refractivity contribution in [1.82, 2.24) is 4.90 Å². The van der Waals surface area contributed by atoms with Crippen molar-refractivity contribution in [2.75, 3.05) is 11.6 Å². The zero-order valence-corrected chi connectivity index (χ0v) is 12.6. The molecule has 0 saturated heterocycles. The van der Waals surface area contributed by atoms with E-state index < -0.39 is 0 Å². The summed E-state index contributed by atoms with van der Waals surface area (Å²) in [6.45, 7) is 9.26. The Labute approximate surface area is 122 Å². The Morgan fingerprint density at radius 2 is 1.95 bits per heavy atom. The fourth-order valence-corrected chi connectivity index (χ4v) is 2.28. The molecule has 0 N–H and O–H groups in total. The quantitative estimate of drug-likeness (QED) is 0.783. The van der Waals surface area contributed by atoms with Crippen LogP contribution in [0.15, 0.2) is 43.2 Å². The van der Waals surface area contributed by atoms with E-state index in [1.54, 1.807) is 0 Å². The minimum Gasteiger partial charge on any atom is -0.356 e. The summed E-state index contributed by atoms with van der Waals surface area (Å²) in [6, 6.07) is 9.12. The average molecular weight is 279 g/mol. The summed E-state index contributed by atoms with van der Waals surface area (Å²) in [4.78, 5) is 4.67. The first kappa shape index (κ1) is 15.6. The summed E-state index contributed by atoms with van der Waals surface area (Å²) < 4.78 is 0. The molecule has 1 unspecified atom stereocenters. The van der Waals surface area contributed by atoms with Crippen LogP contribution in [0.4, 0.5) is 5.69 Å². The van der Waals surface area contributed by atoms with Gasteiger partial charge in [0, 0.05) is 24.1 Å². The molecule has 3 heteroatoms. The minimum atomic E-state index is 0. The highest BCUT2D eigenvalue weighted by Gasteiger charge is 2.17. The highest BCUT2D eigenvalue weighted by Crippen LogP contribution is 2.22. The predicted molar refractivity (Wildman–Crippen MR) is 86.5 cm³/mol. The first-order valence-corrected chi connectivity index (χ1v) is 6.67. The fraction of sp³-hybridized carbons (Fsp3) is 0.375. The van der Waals surface area contributed by atoms with Gasteiger partial charge in [-0.3, -0.25) is 0 Å². The lowest BCUT2D eigenvalue weighted by Gasteiger charge is -2.26. The van der Waals surface area contributed by atoms with Crippen LogP contribution >= 0.6 is 12.4 Å². The fourth-order valence-electron chi connectivity index (χ4n) is 2.28. The molecule has 0 spiro atoms. The van der Waals surface area contributed by atoms with Crippen molar-refractivity contribution in [2.24, 2.45) is 0 Å². The summed E-state index contributed by atoms with van der Waals surface area (Å²) in [5.74, 6) is 0. The van der Waals surface area contributed by atoms with Crippen LogP contribution in [-0.4, -0.2) is 17.6 Å². The van der Waals surface area contributed by atoms with Crippen LogP contribution < -0.4 is 4.90 Å². The van der Waals surface area contributed by atoms with E-state index in [2.05, 4.69) is 66.9 Å². The lowest BCUT2D eigenvalue weighted by molar-refractivity contribution is 0.299. The van der Waals surface area contributed by atoms with Crippen LogP contribution in [0, 0.1) is 0 Å². The standard InChI is InChI=1S/C16H22N2.ClH/c1-4-6-14(3)17-11-12-18(13-17)16-9-7-15(5-2)8-10-16;/h5,7-12,14H,2,4,6,13H2,1,3H3;1H. The maximum Gasteiger partial charge on any atom is 0.0944 e. The van der Waals surface area contributed by atoms with Crippen LogP contribution in [0.2, 0.25) is 0 Å². The zero-order chi connectivity index (χ0) is 13.0. The Hall–Kier alpha value is -1.41. The van der Waals surface area contributed by atoms with Gasteiger partial charge in [-0.2, -0.15) is 0 Å². The third kappa shape index (κ3) is 3.77. The molecule has 0 radical (unpaired) electrons. The van der Waals surface area contributed by atoms with Crippen molar-refractivity contribution >= 4 is 24.2 Å². The van der Waals surface area contributed by atoms with E-state index in [-0.39, 0.29) is 12.4 Å². The molecule has 1 aliphatic heterocycles. The second kappa shape index (κ2) is 7.25. The molecule has 19 heavy (non-hydrogen) atoms. The summed E-state index contributed by atoms with van der Waals surface area (Å²) in [7, 11) is 0. The molecule has 0 bridgehead atoms. The van der Waals surface area contributed by atoms with E-state index in [1.165, 1.54) is 18.5 Å². The lowest BCUT2D eigenvalue weighted by atomic mass is 10.2. The largest absolute Gasteiger partial charge is 0.356 e. The highest BCUT2D eigenvalue weighted by molar-refractivity contribution is 5.85. The van der Waals surface area contributed by atoms with Gasteiger partial charge in [-0.1, -0.05) is 38.1 Å². The van der Waals surface area contributed by atoms with Gasteiger partial charge in [0.2, 0.25) is 0 Å². The zero-order valence-electron chi connectivity index (χ0n) is 11.7. The van der Waals surface area contributed by atoms with Gasteiger partial charge < -0.3 is 9.80 Å². The normalized spacial score (nSPS) is 15.3. The topological polar surface area (TPSA) is 6.48 Å². The van der Waals surface area contributed by atoms with E-state index in [0.717, 1.165) is 12.2 Å². The number of anilines is 1. The van der Waals surface area contributed by atoms with E-state index in [9.17, 15) is 0 Å². The third-order valence-electron chi connectivity index (χ3n) is 3.49. The van der Waals surface area contributed by atoms with Gasteiger partial charge in [-0.05, 0) is 31.0 Å².